The number of carboxylic acid groups (broad SMARTS) is 1. The summed E-state index contributed by atoms with van der Waals surface area (Å²) < 4.78 is 1.32. The number of aliphatic carboxylic acids is 1. The maximum absolute atomic E-state index is 10.4. The normalized spacial score (nSPS) is 10.8. The zero-order valence-corrected chi connectivity index (χ0v) is 8.56. The van der Waals surface area contributed by atoms with Crippen LogP contribution >= 0.6 is 0 Å². The molecule has 86 valence electrons. The van der Waals surface area contributed by atoms with Gasteiger partial charge >= 0.3 is 5.97 Å². The molecule has 2 N–H and O–H groups in total. The molecule has 0 unspecified atom stereocenters. The number of aromatic nitrogens is 4. The third kappa shape index (κ3) is 2.46. The molecule has 7 heteroatoms. The molecular formula is C10H8N4O3. The SMILES string of the molecule is O=C(O)/C=C/c1nnnn1-c1cccc(O)c1. The first-order chi connectivity index (χ1) is 8.16. The van der Waals surface area contributed by atoms with E-state index in [9.17, 15) is 9.90 Å². The van der Waals surface area contributed by atoms with Gasteiger partial charge in [0.15, 0.2) is 5.82 Å². The predicted octanol–water partition coefficient (Wildman–Crippen LogP) is 0.466. The number of aromatic hydroxyl groups is 1. The Labute approximate surface area is 95.6 Å². The van der Waals surface area contributed by atoms with Gasteiger partial charge in [-0.2, -0.15) is 4.68 Å². The second kappa shape index (κ2) is 4.44. The Morgan fingerprint density at radius 3 is 2.94 bits per heavy atom. The van der Waals surface area contributed by atoms with Crippen LogP contribution in [0.3, 0.4) is 0 Å². The van der Waals surface area contributed by atoms with Crippen molar-refractivity contribution in [2.24, 2.45) is 0 Å². The number of tetrazole rings is 1. The van der Waals surface area contributed by atoms with E-state index >= 15 is 0 Å². The second-order valence-corrected chi connectivity index (χ2v) is 3.14. The number of carbonyl (C=O) groups is 1. The van der Waals surface area contributed by atoms with Crippen LogP contribution in [0, 0.1) is 0 Å². The van der Waals surface area contributed by atoms with Crippen molar-refractivity contribution in [3.8, 4) is 11.4 Å². The van der Waals surface area contributed by atoms with Crippen molar-refractivity contribution in [1.82, 2.24) is 20.2 Å². The minimum atomic E-state index is -1.09. The van der Waals surface area contributed by atoms with Crippen molar-refractivity contribution in [2.45, 2.75) is 0 Å². The lowest BCUT2D eigenvalue weighted by atomic mass is 10.3. The van der Waals surface area contributed by atoms with Gasteiger partial charge in [-0.15, -0.1) is 5.10 Å². The zero-order chi connectivity index (χ0) is 12.3. The van der Waals surface area contributed by atoms with E-state index < -0.39 is 5.97 Å². The quantitative estimate of drug-likeness (QED) is 0.746. The van der Waals surface area contributed by atoms with Gasteiger partial charge in [-0.25, -0.2) is 4.79 Å². The van der Waals surface area contributed by atoms with Crippen molar-refractivity contribution in [3.63, 3.8) is 0 Å². The summed E-state index contributed by atoms with van der Waals surface area (Å²) in [6.45, 7) is 0. The lowest BCUT2D eigenvalue weighted by Crippen LogP contribution is -1.99. The molecule has 0 bridgehead atoms. The number of phenols is 1. The summed E-state index contributed by atoms with van der Waals surface area (Å²) in [5.74, 6) is -0.750. The minimum Gasteiger partial charge on any atom is -0.508 e. The first-order valence-electron chi connectivity index (χ1n) is 4.65. The fourth-order valence-electron chi connectivity index (χ4n) is 1.25. The molecule has 0 aliphatic carbocycles. The lowest BCUT2D eigenvalue weighted by molar-refractivity contribution is -0.131. The summed E-state index contributed by atoms with van der Waals surface area (Å²) in [5.41, 5.74) is 0.542. The molecule has 0 aliphatic rings. The molecule has 0 saturated carbocycles. The molecule has 2 aromatic rings. The Morgan fingerprint density at radius 1 is 1.41 bits per heavy atom. The smallest absolute Gasteiger partial charge is 0.328 e. The highest BCUT2D eigenvalue weighted by Gasteiger charge is 2.06. The average Bonchev–Trinajstić information content (AvgIpc) is 2.74. The first-order valence-corrected chi connectivity index (χ1v) is 4.65. The molecule has 2 rings (SSSR count). The molecule has 0 saturated heterocycles. The largest absolute Gasteiger partial charge is 0.508 e. The predicted molar refractivity (Wildman–Crippen MR) is 57.5 cm³/mol. The summed E-state index contributed by atoms with van der Waals surface area (Å²) in [6.07, 6.45) is 2.21. The Balaban J connectivity index is 2.40. The number of hydrogen-bond acceptors (Lipinski definition) is 5. The monoisotopic (exact) mass is 232 g/mol. The van der Waals surface area contributed by atoms with Gasteiger partial charge in [-0.3, -0.25) is 0 Å². The minimum absolute atomic E-state index is 0.0752. The van der Waals surface area contributed by atoms with Crippen molar-refractivity contribution in [3.05, 3.63) is 36.2 Å². The molecule has 0 amide bonds. The summed E-state index contributed by atoms with van der Waals surface area (Å²) in [7, 11) is 0. The van der Waals surface area contributed by atoms with Gasteiger partial charge in [0.25, 0.3) is 0 Å². The third-order valence-corrected chi connectivity index (χ3v) is 1.94. The van der Waals surface area contributed by atoms with Crippen molar-refractivity contribution in [1.29, 1.82) is 0 Å². The van der Waals surface area contributed by atoms with Gasteiger partial charge in [-0.1, -0.05) is 6.07 Å². The Kier molecular flexibility index (Phi) is 2.82. The Hall–Kier alpha value is -2.70. The van der Waals surface area contributed by atoms with Gasteiger partial charge in [0.05, 0.1) is 5.69 Å². The fourth-order valence-corrected chi connectivity index (χ4v) is 1.25. The van der Waals surface area contributed by atoms with Crippen molar-refractivity contribution >= 4 is 12.0 Å². The highest BCUT2D eigenvalue weighted by molar-refractivity contribution is 5.84. The van der Waals surface area contributed by atoms with Gasteiger partial charge in [-0.05, 0) is 28.6 Å². The molecule has 0 fully saturated rings. The second-order valence-electron chi connectivity index (χ2n) is 3.14. The summed E-state index contributed by atoms with van der Waals surface area (Å²) in [6, 6.07) is 6.31. The molecular weight excluding hydrogens is 224 g/mol. The number of benzene rings is 1. The number of phenolic OH excluding ortho intramolecular Hbond substituents is 1. The van der Waals surface area contributed by atoms with E-state index in [0.29, 0.717) is 5.69 Å². The van der Waals surface area contributed by atoms with Gasteiger partial charge in [0.1, 0.15) is 5.75 Å². The summed E-state index contributed by atoms with van der Waals surface area (Å²) in [5, 5.41) is 28.7. The van der Waals surface area contributed by atoms with Gasteiger partial charge < -0.3 is 10.2 Å². The summed E-state index contributed by atoms with van der Waals surface area (Å²) in [4.78, 5) is 10.4. The van der Waals surface area contributed by atoms with Crippen molar-refractivity contribution in [2.75, 3.05) is 0 Å². The number of hydrogen-bond donors (Lipinski definition) is 2. The standard InChI is InChI=1S/C10H8N4O3/c15-8-3-1-2-7(6-8)14-9(11-12-13-14)4-5-10(16)17/h1-6,15H,(H,16,17)/b5-4+. The highest BCUT2D eigenvalue weighted by Crippen LogP contribution is 2.15. The molecule has 1 heterocycles. The molecule has 1 aromatic heterocycles. The van der Waals surface area contributed by atoms with Crippen LogP contribution in [0.25, 0.3) is 11.8 Å². The average molecular weight is 232 g/mol. The maximum atomic E-state index is 10.4. The van der Waals surface area contributed by atoms with E-state index in [1.54, 1.807) is 12.1 Å². The summed E-state index contributed by atoms with van der Waals surface area (Å²) >= 11 is 0. The van der Waals surface area contributed by atoms with Crippen LogP contribution in [0.4, 0.5) is 0 Å². The topological polar surface area (TPSA) is 101 Å². The molecule has 0 spiro atoms. The third-order valence-electron chi connectivity index (χ3n) is 1.94. The van der Waals surface area contributed by atoms with Crippen LogP contribution in [-0.4, -0.2) is 36.4 Å². The molecule has 17 heavy (non-hydrogen) atoms. The molecule has 0 aliphatic heterocycles. The van der Waals surface area contributed by atoms with E-state index in [-0.39, 0.29) is 11.6 Å². The van der Waals surface area contributed by atoms with Crippen LogP contribution in [0.2, 0.25) is 0 Å². The van der Waals surface area contributed by atoms with E-state index in [0.717, 1.165) is 6.08 Å². The number of nitrogens with zero attached hydrogens (tertiary/aromatic N) is 4. The first kappa shape index (κ1) is 10.8. The lowest BCUT2D eigenvalue weighted by Gasteiger charge is -2.01. The molecule has 0 atom stereocenters. The Bertz CT molecular complexity index is 576. The molecule has 7 nitrogen and oxygen atoms in total. The highest BCUT2D eigenvalue weighted by atomic mass is 16.4. The van der Waals surface area contributed by atoms with E-state index in [1.807, 2.05) is 0 Å². The zero-order valence-electron chi connectivity index (χ0n) is 8.56. The molecule has 1 aromatic carbocycles. The van der Waals surface area contributed by atoms with Crippen LogP contribution in [-0.2, 0) is 4.79 Å². The van der Waals surface area contributed by atoms with E-state index in [1.165, 1.54) is 22.9 Å². The number of carboxylic acids is 1. The molecule has 0 radical (unpaired) electrons. The van der Waals surface area contributed by atoms with E-state index in [2.05, 4.69) is 15.5 Å². The van der Waals surface area contributed by atoms with Crippen LogP contribution in [0.15, 0.2) is 30.3 Å². The van der Waals surface area contributed by atoms with Crippen LogP contribution in [0.5, 0.6) is 5.75 Å². The number of rotatable bonds is 3. The van der Waals surface area contributed by atoms with E-state index in [4.69, 9.17) is 5.11 Å². The van der Waals surface area contributed by atoms with Gasteiger partial charge in [0, 0.05) is 12.1 Å². The van der Waals surface area contributed by atoms with Crippen molar-refractivity contribution < 1.29 is 15.0 Å². The van der Waals surface area contributed by atoms with Crippen LogP contribution < -0.4 is 0 Å². The van der Waals surface area contributed by atoms with Crippen LogP contribution in [0.1, 0.15) is 5.82 Å². The fraction of sp³-hybridized carbons (Fsp3) is 0. The van der Waals surface area contributed by atoms with Gasteiger partial charge in [0.2, 0.25) is 0 Å². The Morgan fingerprint density at radius 2 is 2.24 bits per heavy atom. The maximum Gasteiger partial charge on any atom is 0.328 e.